The van der Waals surface area contributed by atoms with E-state index < -0.39 is 41.0 Å². The van der Waals surface area contributed by atoms with E-state index in [1.54, 1.807) is 24.3 Å². The molecule has 1 aromatic rings. The summed E-state index contributed by atoms with van der Waals surface area (Å²) < 4.78 is 0. The first-order valence-corrected chi connectivity index (χ1v) is 9.82. The highest BCUT2D eigenvalue weighted by molar-refractivity contribution is 5.84. The van der Waals surface area contributed by atoms with Gasteiger partial charge >= 0.3 is 11.9 Å². The van der Waals surface area contributed by atoms with Crippen molar-refractivity contribution in [2.24, 2.45) is 0 Å². The number of carbonyl (C=O) groups is 3. The maximum atomic E-state index is 12.4. The summed E-state index contributed by atoms with van der Waals surface area (Å²) >= 11 is 0. The van der Waals surface area contributed by atoms with Crippen LogP contribution in [0.2, 0.25) is 0 Å². The summed E-state index contributed by atoms with van der Waals surface area (Å²) in [4.78, 5) is 37.8. The predicted molar refractivity (Wildman–Crippen MR) is 112 cm³/mol. The van der Waals surface area contributed by atoms with Gasteiger partial charge in [0.25, 0.3) is 0 Å². The van der Waals surface area contributed by atoms with Crippen molar-refractivity contribution in [1.29, 1.82) is 0 Å². The minimum atomic E-state index is -1.12. The van der Waals surface area contributed by atoms with Crippen molar-refractivity contribution in [3.63, 3.8) is 0 Å². The van der Waals surface area contributed by atoms with Crippen molar-refractivity contribution in [2.45, 2.75) is 84.0 Å². The molecule has 0 heterocycles. The lowest BCUT2D eigenvalue weighted by Crippen LogP contribution is -2.60. The van der Waals surface area contributed by atoms with Crippen LogP contribution in [0.5, 0.6) is 0 Å². The predicted octanol–water partition coefficient (Wildman–Crippen LogP) is 2.93. The number of rotatable bonds is 9. The summed E-state index contributed by atoms with van der Waals surface area (Å²) in [6.45, 7) is 11.6. The maximum absolute atomic E-state index is 12.4. The molecule has 0 spiro atoms. The monoisotopic (exact) mass is 406 g/mol. The Kier molecular flexibility index (Phi) is 8.38. The average Bonchev–Trinajstić information content (AvgIpc) is 2.56. The Morgan fingerprint density at radius 1 is 0.931 bits per heavy atom. The van der Waals surface area contributed by atoms with Gasteiger partial charge in [-0.3, -0.25) is 14.5 Å². The number of amides is 1. The van der Waals surface area contributed by atoms with E-state index in [-0.39, 0.29) is 19.3 Å². The van der Waals surface area contributed by atoms with Crippen molar-refractivity contribution in [3.8, 4) is 0 Å². The zero-order valence-electron chi connectivity index (χ0n) is 18.2. The van der Waals surface area contributed by atoms with Gasteiger partial charge in [-0.25, -0.2) is 4.79 Å². The fraction of sp³-hybridized carbons (Fsp3) is 0.591. The van der Waals surface area contributed by atoms with E-state index in [2.05, 4.69) is 5.32 Å². The summed E-state index contributed by atoms with van der Waals surface area (Å²) in [6.07, 6.45) is 0.186. The molecule has 0 saturated carbocycles. The quantitative estimate of drug-likeness (QED) is 0.582. The van der Waals surface area contributed by atoms with Crippen molar-refractivity contribution in [2.75, 3.05) is 0 Å². The zero-order chi connectivity index (χ0) is 22.4. The van der Waals surface area contributed by atoms with Gasteiger partial charge in [-0.15, -0.1) is 0 Å². The first-order valence-electron chi connectivity index (χ1n) is 9.82. The van der Waals surface area contributed by atoms with E-state index >= 15 is 0 Å². The van der Waals surface area contributed by atoms with Gasteiger partial charge in [0.2, 0.25) is 5.91 Å². The highest BCUT2D eigenvalue weighted by Gasteiger charge is 2.40. The molecule has 1 rings (SSSR count). The molecule has 0 aliphatic heterocycles. The van der Waals surface area contributed by atoms with Crippen LogP contribution in [0.1, 0.15) is 59.9 Å². The Balaban J connectivity index is 2.84. The van der Waals surface area contributed by atoms with Crippen LogP contribution in [0.3, 0.4) is 0 Å². The molecule has 2 atom stereocenters. The normalized spacial score (nSPS) is 14.3. The number of hydrogen-bond acceptors (Lipinski definition) is 4. The number of hydrogen-bond donors (Lipinski definition) is 3. The van der Waals surface area contributed by atoms with E-state index in [4.69, 9.17) is 0 Å². The summed E-state index contributed by atoms with van der Waals surface area (Å²) in [5, 5.41) is 21.7. The van der Waals surface area contributed by atoms with Crippen LogP contribution in [0, 0.1) is 0 Å². The molecule has 0 unspecified atom stereocenters. The Bertz CT molecular complexity index is 690. The summed E-state index contributed by atoms with van der Waals surface area (Å²) in [6, 6.07) is 7.12. The van der Waals surface area contributed by atoms with Crippen LogP contribution >= 0.6 is 0 Å². The second kappa shape index (κ2) is 9.87. The molecule has 1 amide bonds. The topological polar surface area (TPSA) is 107 Å². The van der Waals surface area contributed by atoms with E-state index in [0.717, 1.165) is 5.56 Å². The second-order valence-electron chi connectivity index (χ2n) is 9.25. The molecule has 7 heteroatoms. The van der Waals surface area contributed by atoms with E-state index in [1.165, 1.54) is 0 Å². The summed E-state index contributed by atoms with van der Waals surface area (Å²) in [5.41, 5.74) is -0.0427. The van der Waals surface area contributed by atoms with Crippen molar-refractivity contribution in [1.82, 2.24) is 10.2 Å². The smallest absolute Gasteiger partial charge is 0.326 e. The van der Waals surface area contributed by atoms with Crippen LogP contribution in [-0.2, 0) is 20.8 Å². The third-order valence-corrected chi connectivity index (χ3v) is 4.60. The largest absolute Gasteiger partial charge is 0.480 e. The molecule has 1 aromatic carbocycles. The highest BCUT2D eigenvalue weighted by atomic mass is 16.4. The Morgan fingerprint density at radius 3 is 1.86 bits per heavy atom. The average molecular weight is 407 g/mol. The van der Waals surface area contributed by atoms with Gasteiger partial charge in [-0.1, -0.05) is 30.3 Å². The van der Waals surface area contributed by atoms with Crippen molar-refractivity contribution in [3.05, 3.63) is 35.9 Å². The molecule has 29 heavy (non-hydrogen) atoms. The number of nitrogens with zero attached hydrogens (tertiary/aromatic N) is 1. The lowest BCUT2D eigenvalue weighted by atomic mass is 9.91. The third kappa shape index (κ3) is 7.85. The van der Waals surface area contributed by atoms with Gasteiger partial charge in [-0.05, 0) is 53.5 Å². The molecule has 0 aliphatic carbocycles. The van der Waals surface area contributed by atoms with Gasteiger partial charge < -0.3 is 15.5 Å². The van der Waals surface area contributed by atoms with E-state index in [0.29, 0.717) is 0 Å². The lowest BCUT2D eigenvalue weighted by molar-refractivity contribution is -0.150. The van der Waals surface area contributed by atoms with Gasteiger partial charge in [0.05, 0.1) is 0 Å². The number of carboxylic acids is 2. The molecule has 0 radical (unpaired) electrons. The maximum Gasteiger partial charge on any atom is 0.326 e. The van der Waals surface area contributed by atoms with E-state index in [9.17, 15) is 24.6 Å². The number of aliphatic carboxylic acids is 2. The van der Waals surface area contributed by atoms with Crippen molar-refractivity contribution >= 4 is 17.8 Å². The van der Waals surface area contributed by atoms with Gasteiger partial charge in [0, 0.05) is 23.9 Å². The molecular formula is C22H34N2O5. The Hall–Kier alpha value is -2.41. The number of benzene rings is 1. The first kappa shape index (κ1) is 24.6. The number of carbonyl (C=O) groups excluding carboxylic acids is 1. The van der Waals surface area contributed by atoms with Crippen LogP contribution in [0.4, 0.5) is 0 Å². The minimum absolute atomic E-state index is 0.0712. The van der Waals surface area contributed by atoms with Crippen LogP contribution < -0.4 is 5.32 Å². The highest BCUT2D eigenvalue weighted by Crippen LogP contribution is 2.29. The fourth-order valence-corrected chi connectivity index (χ4v) is 3.89. The first-order chi connectivity index (χ1) is 13.2. The molecule has 0 bridgehead atoms. The number of nitrogens with one attached hydrogen (secondary N) is 1. The number of carboxylic acid groups (broad SMARTS) is 2. The van der Waals surface area contributed by atoms with Gasteiger partial charge in [-0.2, -0.15) is 0 Å². The Labute approximate surface area is 173 Å². The molecule has 3 N–H and O–H groups in total. The van der Waals surface area contributed by atoms with Crippen LogP contribution in [0.15, 0.2) is 30.3 Å². The molecule has 0 aliphatic rings. The fourth-order valence-electron chi connectivity index (χ4n) is 3.89. The third-order valence-electron chi connectivity index (χ3n) is 4.60. The van der Waals surface area contributed by atoms with Gasteiger partial charge in [0.15, 0.2) is 0 Å². The molecule has 162 valence electrons. The van der Waals surface area contributed by atoms with Crippen LogP contribution in [0.25, 0.3) is 0 Å². The minimum Gasteiger partial charge on any atom is -0.480 e. The lowest BCUT2D eigenvalue weighted by Gasteiger charge is -2.48. The molecule has 7 nitrogen and oxygen atoms in total. The molecule has 0 fully saturated rings. The summed E-state index contributed by atoms with van der Waals surface area (Å²) in [7, 11) is 0. The second-order valence-corrected chi connectivity index (χ2v) is 9.25. The van der Waals surface area contributed by atoms with Crippen molar-refractivity contribution < 1.29 is 24.6 Å². The molecule has 0 saturated heterocycles. The van der Waals surface area contributed by atoms with Crippen LogP contribution in [-0.4, -0.2) is 56.1 Å². The molecular weight excluding hydrogens is 372 g/mol. The SMILES string of the molecule is CC(C)(C)N([C@@H](CCC(=O)N[C@H](Cc1ccccc1)C(=O)O)C(=O)O)C(C)(C)C. The van der Waals surface area contributed by atoms with E-state index in [1.807, 2.05) is 52.5 Å². The standard InChI is InChI=1S/C22H34N2O5/c1-21(2,3)24(22(4,5)6)17(20(28)29)12-13-18(25)23-16(19(26)27)14-15-10-8-7-9-11-15/h7-11,16-17H,12-14H2,1-6H3,(H,23,25)(H,26,27)(H,28,29)/t16-,17+/m1/s1. The Morgan fingerprint density at radius 2 is 1.45 bits per heavy atom. The van der Waals surface area contributed by atoms with Gasteiger partial charge in [0.1, 0.15) is 12.1 Å². The molecule has 0 aromatic heterocycles. The summed E-state index contributed by atoms with van der Waals surface area (Å²) in [5.74, 6) is -2.59. The zero-order valence-corrected chi connectivity index (χ0v) is 18.2.